The van der Waals surface area contributed by atoms with Gasteiger partial charge in [-0.1, -0.05) is 54.6 Å². The highest BCUT2D eigenvalue weighted by molar-refractivity contribution is 5.97. The fraction of sp³-hybridized carbons (Fsp3) is 0.208. The van der Waals surface area contributed by atoms with Crippen LogP contribution in [-0.4, -0.2) is 32.2 Å². The Bertz CT molecular complexity index is 997. The van der Waals surface area contributed by atoms with Crippen molar-refractivity contribution in [3.63, 3.8) is 0 Å². The maximum absolute atomic E-state index is 13.6. The van der Waals surface area contributed by atoms with Gasteiger partial charge in [0.25, 0.3) is 0 Å². The third-order valence-electron chi connectivity index (χ3n) is 4.94. The zero-order valence-corrected chi connectivity index (χ0v) is 16.5. The highest BCUT2D eigenvalue weighted by atomic mass is 19.1. The van der Waals surface area contributed by atoms with E-state index >= 15 is 0 Å². The first-order valence-corrected chi connectivity index (χ1v) is 9.91. The van der Waals surface area contributed by atoms with Gasteiger partial charge in [-0.3, -0.25) is 9.69 Å². The van der Waals surface area contributed by atoms with E-state index in [9.17, 15) is 9.18 Å². The largest absolute Gasteiger partial charge is 0.489 e. The van der Waals surface area contributed by atoms with E-state index in [2.05, 4.69) is 5.32 Å². The molecule has 0 fully saturated rings. The molecule has 3 aromatic carbocycles. The first kappa shape index (κ1) is 19.9. The topological polar surface area (TPSA) is 50.8 Å². The van der Waals surface area contributed by atoms with Crippen LogP contribution in [0.25, 0.3) is 0 Å². The number of hydrogen-bond donors (Lipinski definition) is 1. The molecule has 0 bridgehead atoms. The van der Waals surface area contributed by atoms with Gasteiger partial charge >= 0.3 is 0 Å². The monoisotopic (exact) mass is 406 g/mol. The van der Waals surface area contributed by atoms with E-state index in [1.807, 2.05) is 54.6 Å². The van der Waals surface area contributed by atoms with Crippen molar-refractivity contribution in [2.75, 3.05) is 31.2 Å². The number of fused-ring (bicyclic) bond motifs is 1. The summed E-state index contributed by atoms with van der Waals surface area (Å²) in [6, 6.07) is 23.5. The lowest BCUT2D eigenvalue weighted by atomic mass is 10.0. The van der Waals surface area contributed by atoms with Crippen LogP contribution in [0.15, 0.2) is 78.9 Å². The minimum absolute atomic E-state index is 0.0644. The second kappa shape index (κ2) is 9.41. The van der Waals surface area contributed by atoms with E-state index in [1.54, 1.807) is 23.1 Å². The summed E-state index contributed by atoms with van der Waals surface area (Å²) in [6.45, 7) is 1.21. The maximum atomic E-state index is 13.6. The molecule has 5 nitrogen and oxygen atoms in total. The smallest absolute Gasteiger partial charge is 0.241 e. The molecule has 0 saturated carbocycles. The van der Waals surface area contributed by atoms with Gasteiger partial charge in [0.05, 0.1) is 18.3 Å². The summed E-state index contributed by atoms with van der Waals surface area (Å²) in [5.41, 5.74) is 1.77. The van der Waals surface area contributed by atoms with Crippen molar-refractivity contribution in [2.24, 2.45) is 0 Å². The summed E-state index contributed by atoms with van der Waals surface area (Å²) in [7, 11) is 0. The Morgan fingerprint density at radius 2 is 1.77 bits per heavy atom. The normalized spacial score (nSPS) is 15.2. The fourth-order valence-corrected chi connectivity index (χ4v) is 3.49. The van der Waals surface area contributed by atoms with Crippen LogP contribution >= 0.6 is 0 Å². The zero-order chi connectivity index (χ0) is 20.8. The van der Waals surface area contributed by atoms with Crippen LogP contribution in [0.5, 0.6) is 11.5 Å². The SMILES string of the molecule is O=C(CNCCOc1ccccc1F)N1c2ccccc2OC[C@@H]1c1ccccc1. The summed E-state index contributed by atoms with van der Waals surface area (Å²) in [6.07, 6.45) is 0. The molecule has 0 radical (unpaired) electrons. The highest BCUT2D eigenvalue weighted by Crippen LogP contribution is 2.39. The average Bonchev–Trinajstić information content (AvgIpc) is 2.79. The van der Waals surface area contributed by atoms with Crippen molar-refractivity contribution in [2.45, 2.75) is 6.04 Å². The van der Waals surface area contributed by atoms with Gasteiger partial charge in [-0.15, -0.1) is 0 Å². The molecule has 3 aromatic rings. The molecule has 154 valence electrons. The molecule has 6 heteroatoms. The second-order valence-corrected chi connectivity index (χ2v) is 6.92. The van der Waals surface area contributed by atoms with Gasteiger partial charge in [0.15, 0.2) is 11.6 Å². The van der Waals surface area contributed by atoms with Crippen molar-refractivity contribution >= 4 is 11.6 Å². The Balaban J connectivity index is 1.40. The van der Waals surface area contributed by atoms with Crippen LogP contribution in [0.4, 0.5) is 10.1 Å². The summed E-state index contributed by atoms with van der Waals surface area (Å²) in [4.78, 5) is 14.9. The molecule has 1 atom stereocenters. The van der Waals surface area contributed by atoms with E-state index in [4.69, 9.17) is 9.47 Å². The van der Waals surface area contributed by atoms with Crippen LogP contribution in [-0.2, 0) is 4.79 Å². The molecule has 1 N–H and O–H groups in total. The molecular formula is C24H23FN2O3. The predicted molar refractivity (Wildman–Crippen MR) is 113 cm³/mol. The Kier molecular flexibility index (Phi) is 6.25. The van der Waals surface area contributed by atoms with E-state index in [0.717, 1.165) is 11.3 Å². The predicted octanol–water partition coefficient (Wildman–Crippen LogP) is 3.96. The van der Waals surface area contributed by atoms with Crippen LogP contribution < -0.4 is 19.7 Å². The summed E-state index contributed by atoms with van der Waals surface area (Å²) in [5, 5.41) is 3.10. The van der Waals surface area contributed by atoms with Crippen molar-refractivity contribution in [1.82, 2.24) is 5.32 Å². The number of benzene rings is 3. The lowest BCUT2D eigenvalue weighted by Crippen LogP contribution is -2.45. The molecule has 0 saturated heterocycles. The maximum Gasteiger partial charge on any atom is 0.241 e. The second-order valence-electron chi connectivity index (χ2n) is 6.92. The molecule has 0 aliphatic carbocycles. The molecule has 1 amide bonds. The van der Waals surface area contributed by atoms with E-state index < -0.39 is 5.82 Å². The molecule has 0 unspecified atom stereocenters. The minimum Gasteiger partial charge on any atom is -0.489 e. The zero-order valence-electron chi connectivity index (χ0n) is 16.5. The van der Waals surface area contributed by atoms with Gasteiger partial charge in [-0.25, -0.2) is 4.39 Å². The molecule has 1 aliphatic rings. The number of carbonyl (C=O) groups excluding carboxylic acids is 1. The van der Waals surface area contributed by atoms with Crippen LogP contribution in [0.3, 0.4) is 0 Å². The van der Waals surface area contributed by atoms with Crippen molar-refractivity contribution in [3.05, 3.63) is 90.2 Å². The van der Waals surface area contributed by atoms with Gasteiger partial charge in [0.2, 0.25) is 5.91 Å². The molecule has 30 heavy (non-hydrogen) atoms. The van der Waals surface area contributed by atoms with Crippen molar-refractivity contribution in [3.8, 4) is 11.5 Å². The summed E-state index contributed by atoms with van der Waals surface area (Å²) in [5.74, 6) is 0.437. The minimum atomic E-state index is -0.399. The van der Waals surface area contributed by atoms with Crippen molar-refractivity contribution in [1.29, 1.82) is 0 Å². The van der Waals surface area contributed by atoms with Gasteiger partial charge in [-0.2, -0.15) is 0 Å². The van der Waals surface area contributed by atoms with E-state index in [-0.39, 0.29) is 30.9 Å². The Morgan fingerprint density at radius 3 is 2.60 bits per heavy atom. The van der Waals surface area contributed by atoms with Gasteiger partial charge in [-0.05, 0) is 29.8 Å². The number of ether oxygens (including phenoxy) is 2. The highest BCUT2D eigenvalue weighted by Gasteiger charge is 2.32. The molecule has 0 spiro atoms. The standard InChI is InChI=1S/C24H23FN2O3/c25-19-10-4-6-12-22(19)29-15-14-26-16-24(28)27-20-11-5-7-13-23(20)30-17-21(27)18-8-2-1-3-9-18/h1-13,21,26H,14-17H2/t21-/m1/s1. The number of para-hydroxylation sites is 3. The van der Waals surface area contributed by atoms with Crippen LogP contribution in [0.1, 0.15) is 11.6 Å². The van der Waals surface area contributed by atoms with Crippen LogP contribution in [0.2, 0.25) is 0 Å². The first-order valence-electron chi connectivity index (χ1n) is 9.91. The molecule has 4 rings (SSSR count). The van der Waals surface area contributed by atoms with Crippen LogP contribution in [0, 0.1) is 5.82 Å². The lowest BCUT2D eigenvalue weighted by molar-refractivity contribution is -0.118. The quantitative estimate of drug-likeness (QED) is 0.604. The molecule has 1 aliphatic heterocycles. The van der Waals surface area contributed by atoms with Gasteiger partial charge < -0.3 is 14.8 Å². The van der Waals surface area contributed by atoms with Crippen molar-refractivity contribution < 1.29 is 18.7 Å². The fourth-order valence-electron chi connectivity index (χ4n) is 3.49. The van der Waals surface area contributed by atoms with Gasteiger partial charge in [0, 0.05) is 6.54 Å². The number of amides is 1. The molecule has 0 aromatic heterocycles. The Morgan fingerprint density at radius 1 is 1.03 bits per heavy atom. The number of nitrogens with one attached hydrogen (secondary N) is 1. The van der Waals surface area contributed by atoms with E-state index in [0.29, 0.717) is 18.9 Å². The van der Waals surface area contributed by atoms with E-state index in [1.165, 1.54) is 6.07 Å². The third-order valence-corrected chi connectivity index (χ3v) is 4.94. The number of hydrogen-bond acceptors (Lipinski definition) is 4. The summed E-state index contributed by atoms with van der Waals surface area (Å²) >= 11 is 0. The first-order chi connectivity index (χ1) is 14.7. The van der Waals surface area contributed by atoms with Gasteiger partial charge in [0.1, 0.15) is 19.0 Å². The number of halogens is 1. The lowest BCUT2D eigenvalue weighted by Gasteiger charge is -2.37. The number of rotatable bonds is 7. The Hall–Kier alpha value is -3.38. The Labute approximate surface area is 175 Å². The number of nitrogens with zero attached hydrogens (tertiary/aromatic N) is 1. The number of carbonyl (C=O) groups is 1. The number of anilines is 1. The third kappa shape index (κ3) is 4.44. The summed E-state index contributed by atoms with van der Waals surface area (Å²) < 4.78 is 24.9. The molecule has 1 heterocycles. The molecular weight excluding hydrogens is 383 g/mol. The average molecular weight is 406 g/mol.